The van der Waals surface area contributed by atoms with Gasteiger partial charge in [0.15, 0.2) is 0 Å². The average molecular weight is 367 g/mol. The Morgan fingerprint density at radius 1 is 0.889 bits per heavy atom. The van der Waals surface area contributed by atoms with E-state index in [1.54, 1.807) is 21.6 Å². The quantitative estimate of drug-likeness (QED) is 0.830. The largest absolute Gasteiger partial charge is 0.450 e. The molecular weight excluding hydrogens is 342 g/mol. The van der Waals surface area contributed by atoms with Gasteiger partial charge in [-0.05, 0) is 24.6 Å². The number of carbonyl (C=O) groups is 2. The van der Waals surface area contributed by atoms with Crippen LogP contribution in [0.1, 0.15) is 12.5 Å². The van der Waals surface area contributed by atoms with Crippen molar-refractivity contribution in [1.82, 2.24) is 9.80 Å². The standard InChI is InChI=1S/C21H25N3O3/c1-2-27-21(26)23-15-13-22(14-16-23)20(25)24(19-11-7-4-8-12-19)17-18-9-5-3-6-10-18/h3-12H,2,13-17H2,1H3. The summed E-state index contributed by atoms with van der Waals surface area (Å²) < 4.78 is 5.05. The molecular formula is C21H25N3O3. The smallest absolute Gasteiger partial charge is 0.409 e. The van der Waals surface area contributed by atoms with E-state index in [-0.39, 0.29) is 12.1 Å². The highest BCUT2D eigenvalue weighted by molar-refractivity contribution is 5.92. The topological polar surface area (TPSA) is 53.1 Å². The third kappa shape index (κ3) is 4.78. The van der Waals surface area contributed by atoms with Crippen molar-refractivity contribution >= 4 is 17.8 Å². The van der Waals surface area contributed by atoms with E-state index in [9.17, 15) is 9.59 Å². The molecule has 1 aliphatic rings. The number of hydrogen-bond acceptors (Lipinski definition) is 3. The van der Waals surface area contributed by atoms with Gasteiger partial charge in [0.05, 0.1) is 13.2 Å². The molecule has 6 heteroatoms. The molecule has 27 heavy (non-hydrogen) atoms. The van der Waals surface area contributed by atoms with Gasteiger partial charge in [-0.2, -0.15) is 0 Å². The van der Waals surface area contributed by atoms with E-state index in [2.05, 4.69) is 0 Å². The molecule has 0 radical (unpaired) electrons. The minimum Gasteiger partial charge on any atom is -0.450 e. The monoisotopic (exact) mass is 367 g/mol. The minimum absolute atomic E-state index is 0.0476. The molecule has 0 saturated carbocycles. The summed E-state index contributed by atoms with van der Waals surface area (Å²) in [6, 6.07) is 19.6. The first-order valence-corrected chi connectivity index (χ1v) is 9.26. The highest BCUT2D eigenvalue weighted by atomic mass is 16.6. The van der Waals surface area contributed by atoms with E-state index < -0.39 is 0 Å². The Balaban J connectivity index is 1.71. The number of amides is 3. The molecule has 1 heterocycles. The number of urea groups is 1. The molecule has 0 aromatic heterocycles. The molecule has 2 aromatic rings. The average Bonchev–Trinajstić information content (AvgIpc) is 2.73. The zero-order valence-electron chi connectivity index (χ0n) is 15.6. The highest BCUT2D eigenvalue weighted by Gasteiger charge is 2.28. The van der Waals surface area contributed by atoms with Crippen molar-refractivity contribution in [2.45, 2.75) is 13.5 Å². The first kappa shape index (κ1) is 18.8. The van der Waals surface area contributed by atoms with Gasteiger partial charge in [-0.1, -0.05) is 48.5 Å². The van der Waals surface area contributed by atoms with E-state index in [4.69, 9.17) is 4.74 Å². The second-order valence-corrected chi connectivity index (χ2v) is 6.36. The maximum atomic E-state index is 13.2. The number of ether oxygens (including phenoxy) is 1. The summed E-state index contributed by atoms with van der Waals surface area (Å²) in [6.45, 7) is 4.61. The Labute approximate surface area is 159 Å². The predicted octanol–water partition coefficient (Wildman–Crippen LogP) is 3.59. The van der Waals surface area contributed by atoms with Gasteiger partial charge in [0.2, 0.25) is 0 Å². The van der Waals surface area contributed by atoms with Gasteiger partial charge in [-0.15, -0.1) is 0 Å². The van der Waals surface area contributed by atoms with E-state index >= 15 is 0 Å². The fourth-order valence-corrected chi connectivity index (χ4v) is 3.11. The van der Waals surface area contributed by atoms with E-state index in [1.165, 1.54) is 0 Å². The van der Waals surface area contributed by atoms with Crippen LogP contribution in [0, 0.1) is 0 Å². The summed E-state index contributed by atoms with van der Waals surface area (Å²) in [4.78, 5) is 30.3. The summed E-state index contributed by atoms with van der Waals surface area (Å²) in [5, 5.41) is 0. The molecule has 3 amide bonds. The van der Waals surface area contributed by atoms with Crippen molar-refractivity contribution in [3.8, 4) is 0 Å². The third-order valence-electron chi connectivity index (χ3n) is 4.56. The van der Waals surface area contributed by atoms with Crippen LogP contribution in [0.3, 0.4) is 0 Å². The number of hydrogen-bond donors (Lipinski definition) is 0. The molecule has 0 spiro atoms. The van der Waals surface area contributed by atoms with Crippen LogP contribution in [-0.2, 0) is 11.3 Å². The zero-order valence-corrected chi connectivity index (χ0v) is 15.6. The van der Waals surface area contributed by atoms with Gasteiger partial charge < -0.3 is 14.5 Å². The molecule has 0 bridgehead atoms. The second-order valence-electron chi connectivity index (χ2n) is 6.36. The Morgan fingerprint density at radius 3 is 2.04 bits per heavy atom. The maximum absolute atomic E-state index is 13.2. The summed E-state index contributed by atoms with van der Waals surface area (Å²) in [5.41, 5.74) is 1.93. The number of carbonyl (C=O) groups excluding carboxylic acids is 2. The van der Waals surface area contributed by atoms with Crippen LogP contribution in [0.15, 0.2) is 60.7 Å². The molecule has 0 unspecified atom stereocenters. The van der Waals surface area contributed by atoms with Gasteiger partial charge in [-0.25, -0.2) is 9.59 Å². The van der Waals surface area contributed by atoms with Crippen LogP contribution in [0.2, 0.25) is 0 Å². The van der Waals surface area contributed by atoms with Crippen molar-refractivity contribution in [1.29, 1.82) is 0 Å². The second kappa shape index (κ2) is 9.07. The normalized spacial score (nSPS) is 14.0. The minimum atomic E-state index is -0.311. The fraction of sp³-hybridized carbons (Fsp3) is 0.333. The molecule has 1 fully saturated rings. The van der Waals surface area contributed by atoms with Gasteiger partial charge >= 0.3 is 12.1 Å². The number of anilines is 1. The Hall–Kier alpha value is -3.02. The van der Waals surface area contributed by atoms with Gasteiger partial charge in [0, 0.05) is 31.9 Å². The van der Waals surface area contributed by atoms with Gasteiger partial charge in [0.25, 0.3) is 0 Å². The van der Waals surface area contributed by atoms with Crippen molar-refractivity contribution in [3.63, 3.8) is 0 Å². The molecule has 0 aliphatic carbocycles. The molecule has 0 N–H and O–H groups in total. The fourth-order valence-electron chi connectivity index (χ4n) is 3.11. The van der Waals surface area contributed by atoms with E-state index in [0.29, 0.717) is 39.3 Å². The van der Waals surface area contributed by atoms with Gasteiger partial charge in [-0.3, -0.25) is 4.90 Å². The summed E-state index contributed by atoms with van der Waals surface area (Å²) in [6.07, 6.45) is -0.311. The lowest BCUT2D eigenvalue weighted by Crippen LogP contribution is -2.54. The SMILES string of the molecule is CCOC(=O)N1CCN(C(=O)N(Cc2ccccc2)c2ccccc2)CC1. The van der Waals surface area contributed by atoms with E-state index in [0.717, 1.165) is 11.3 Å². The van der Waals surface area contributed by atoms with Crippen molar-refractivity contribution in [2.75, 3.05) is 37.7 Å². The number of nitrogens with zero attached hydrogens (tertiary/aromatic N) is 3. The van der Waals surface area contributed by atoms with Crippen LogP contribution < -0.4 is 4.90 Å². The van der Waals surface area contributed by atoms with Crippen LogP contribution in [0.4, 0.5) is 15.3 Å². The molecule has 1 aliphatic heterocycles. The van der Waals surface area contributed by atoms with E-state index in [1.807, 2.05) is 60.7 Å². The van der Waals surface area contributed by atoms with Crippen LogP contribution >= 0.6 is 0 Å². The summed E-state index contributed by atoms with van der Waals surface area (Å²) in [7, 11) is 0. The lowest BCUT2D eigenvalue weighted by molar-refractivity contribution is 0.0860. The molecule has 0 atom stereocenters. The number of benzene rings is 2. The Morgan fingerprint density at radius 2 is 1.44 bits per heavy atom. The van der Waals surface area contributed by atoms with Crippen LogP contribution in [-0.4, -0.2) is 54.7 Å². The predicted molar refractivity (Wildman–Crippen MR) is 105 cm³/mol. The third-order valence-corrected chi connectivity index (χ3v) is 4.56. The molecule has 6 nitrogen and oxygen atoms in total. The number of piperazine rings is 1. The molecule has 1 saturated heterocycles. The van der Waals surface area contributed by atoms with Crippen LogP contribution in [0.25, 0.3) is 0 Å². The maximum Gasteiger partial charge on any atom is 0.409 e. The van der Waals surface area contributed by atoms with Crippen molar-refractivity contribution < 1.29 is 14.3 Å². The number of para-hydroxylation sites is 1. The summed E-state index contributed by atoms with van der Waals surface area (Å²) >= 11 is 0. The number of rotatable bonds is 4. The van der Waals surface area contributed by atoms with Crippen molar-refractivity contribution in [3.05, 3.63) is 66.2 Å². The lowest BCUT2D eigenvalue weighted by Gasteiger charge is -2.37. The Kier molecular flexibility index (Phi) is 6.30. The van der Waals surface area contributed by atoms with Gasteiger partial charge in [0.1, 0.15) is 0 Å². The lowest BCUT2D eigenvalue weighted by atomic mass is 10.2. The molecule has 142 valence electrons. The first-order chi connectivity index (χ1) is 13.2. The first-order valence-electron chi connectivity index (χ1n) is 9.26. The van der Waals surface area contributed by atoms with Crippen LogP contribution in [0.5, 0.6) is 0 Å². The Bertz CT molecular complexity index is 744. The summed E-state index contributed by atoms with van der Waals surface area (Å²) in [5.74, 6) is 0. The highest BCUT2D eigenvalue weighted by Crippen LogP contribution is 2.20. The zero-order chi connectivity index (χ0) is 19.1. The molecule has 3 rings (SSSR count). The molecule has 2 aromatic carbocycles. The van der Waals surface area contributed by atoms with Crippen molar-refractivity contribution in [2.24, 2.45) is 0 Å².